The maximum Gasteiger partial charge on any atom is 0.0963 e. The third-order valence-corrected chi connectivity index (χ3v) is 4.53. The maximum atomic E-state index is 4.65. The molecule has 3 aromatic heterocycles. The fourth-order valence-electron chi connectivity index (χ4n) is 3.41. The highest BCUT2D eigenvalue weighted by Crippen LogP contribution is 2.33. The van der Waals surface area contributed by atoms with Crippen molar-refractivity contribution in [3.8, 4) is 16.8 Å². The molecule has 0 spiro atoms. The molecule has 0 fully saturated rings. The van der Waals surface area contributed by atoms with Gasteiger partial charge in [-0.05, 0) is 47.5 Å². The second-order valence-electron chi connectivity index (χ2n) is 6.02. The minimum atomic E-state index is 1.01. The molecule has 0 radical (unpaired) electrons. The smallest absolute Gasteiger partial charge is 0.0963 e. The average Bonchev–Trinajstić information content (AvgIpc) is 3.03. The molecule has 3 heterocycles. The van der Waals surface area contributed by atoms with E-state index in [9.17, 15) is 0 Å². The summed E-state index contributed by atoms with van der Waals surface area (Å²) in [4.78, 5) is 8.93. The van der Waals surface area contributed by atoms with Crippen LogP contribution in [0.3, 0.4) is 0 Å². The van der Waals surface area contributed by atoms with Crippen LogP contribution in [0.25, 0.3) is 38.8 Å². The minimum Gasteiger partial charge on any atom is -0.306 e. The first-order valence-corrected chi connectivity index (χ1v) is 8.27. The van der Waals surface area contributed by atoms with Gasteiger partial charge in [0, 0.05) is 17.8 Å². The Morgan fingerprint density at radius 2 is 1.56 bits per heavy atom. The lowest BCUT2D eigenvalue weighted by molar-refractivity contribution is 1.14. The molecule has 0 bridgehead atoms. The molecule has 5 aromatic rings. The molecule has 0 N–H and O–H groups in total. The van der Waals surface area contributed by atoms with E-state index in [-0.39, 0.29) is 0 Å². The lowest BCUT2D eigenvalue weighted by Gasteiger charge is -2.07. The van der Waals surface area contributed by atoms with Gasteiger partial charge in [0.25, 0.3) is 0 Å². The molecule has 2 aromatic carbocycles. The zero-order chi connectivity index (χ0) is 16.6. The summed E-state index contributed by atoms with van der Waals surface area (Å²) >= 11 is 0. The third kappa shape index (κ3) is 2.21. The summed E-state index contributed by atoms with van der Waals surface area (Å²) in [5, 5.41) is 1.15. The molecule has 0 aliphatic rings. The van der Waals surface area contributed by atoms with Gasteiger partial charge in [0.05, 0.1) is 28.4 Å². The van der Waals surface area contributed by atoms with Crippen molar-refractivity contribution in [2.75, 3.05) is 0 Å². The predicted molar refractivity (Wildman–Crippen MR) is 102 cm³/mol. The Bertz CT molecular complexity index is 1180. The fourth-order valence-corrected chi connectivity index (χ4v) is 3.41. The van der Waals surface area contributed by atoms with E-state index < -0.39 is 0 Å². The Morgan fingerprint density at radius 1 is 0.680 bits per heavy atom. The highest BCUT2D eigenvalue weighted by molar-refractivity contribution is 6.08. The quantitative estimate of drug-likeness (QED) is 0.445. The summed E-state index contributed by atoms with van der Waals surface area (Å²) < 4.78 is 2.22. The fraction of sp³-hybridized carbons (Fsp3) is 0. The highest BCUT2D eigenvalue weighted by atomic mass is 15.0. The Morgan fingerprint density at radius 3 is 2.40 bits per heavy atom. The number of hydrogen-bond donors (Lipinski definition) is 0. The van der Waals surface area contributed by atoms with Gasteiger partial charge in [-0.25, -0.2) is 0 Å². The predicted octanol–water partition coefficient (Wildman–Crippen LogP) is 5.24. The van der Waals surface area contributed by atoms with Crippen LogP contribution in [0.4, 0.5) is 0 Å². The summed E-state index contributed by atoms with van der Waals surface area (Å²) in [5.41, 5.74) is 6.70. The largest absolute Gasteiger partial charge is 0.306 e. The lowest BCUT2D eigenvalue weighted by Crippen LogP contribution is -1.94. The van der Waals surface area contributed by atoms with Gasteiger partial charge in [0.15, 0.2) is 0 Å². The van der Waals surface area contributed by atoms with Crippen molar-refractivity contribution in [3.63, 3.8) is 0 Å². The first-order valence-electron chi connectivity index (χ1n) is 8.27. The standard InChI is InChI=1S/C22H15N3/c1-2-6-16(7-3-1)17-10-11-20-19(14-17)22-21(9-5-13-24-22)25(20)18-8-4-12-23-15-18/h1-15H. The number of benzene rings is 2. The van der Waals surface area contributed by atoms with Crippen LogP contribution in [0.15, 0.2) is 91.4 Å². The van der Waals surface area contributed by atoms with Crippen LogP contribution in [0.1, 0.15) is 0 Å². The van der Waals surface area contributed by atoms with Crippen molar-refractivity contribution in [2.24, 2.45) is 0 Å². The van der Waals surface area contributed by atoms with E-state index in [4.69, 9.17) is 0 Å². The number of rotatable bonds is 2. The Hall–Kier alpha value is -3.46. The average molecular weight is 321 g/mol. The van der Waals surface area contributed by atoms with E-state index in [0.717, 1.165) is 27.6 Å². The molecule has 25 heavy (non-hydrogen) atoms. The van der Waals surface area contributed by atoms with Crippen molar-refractivity contribution in [1.82, 2.24) is 14.5 Å². The Labute approximate surface area is 145 Å². The van der Waals surface area contributed by atoms with E-state index >= 15 is 0 Å². The van der Waals surface area contributed by atoms with Crippen LogP contribution in [0.5, 0.6) is 0 Å². The number of nitrogens with zero attached hydrogens (tertiary/aromatic N) is 3. The number of fused-ring (bicyclic) bond motifs is 3. The van der Waals surface area contributed by atoms with Gasteiger partial charge in [0.2, 0.25) is 0 Å². The second kappa shape index (κ2) is 5.56. The molecule has 0 unspecified atom stereocenters. The molecule has 3 nitrogen and oxygen atoms in total. The monoisotopic (exact) mass is 321 g/mol. The molecule has 0 saturated carbocycles. The first-order chi connectivity index (χ1) is 12.4. The molecule has 5 rings (SSSR count). The zero-order valence-corrected chi connectivity index (χ0v) is 13.5. The molecule has 118 valence electrons. The van der Waals surface area contributed by atoms with Crippen LogP contribution in [0.2, 0.25) is 0 Å². The van der Waals surface area contributed by atoms with Gasteiger partial charge in [-0.1, -0.05) is 36.4 Å². The Balaban J connectivity index is 1.86. The van der Waals surface area contributed by atoms with Crippen LogP contribution in [0, 0.1) is 0 Å². The SMILES string of the molecule is c1ccc(-c2ccc3c(c2)c2ncccc2n3-c2cccnc2)cc1. The minimum absolute atomic E-state index is 1.01. The topological polar surface area (TPSA) is 30.7 Å². The first kappa shape index (κ1) is 13.9. The van der Waals surface area contributed by atoms with Crippen molar-refractivity contribution < 1.29 is 0 Å². The molecule has 0 amide bonds. The van der Waals surface area contributed by atoms with E-state index in [1.165, 1.54) is 11.1 Å². The van der Waals surface area contributed by atoms with E-state index in [1.54, 1.807) is 6.20 Å². The molecule has 0 atom stereocenters. The number of aromatic nitrogens is 3. The van der Waals surface area contributed by atoms with E-state index in [2.05, 4.69) is 69.1 Å². The van der Waals surface area contributed by atoms with Gasteiger partial charge >= 0.3 is 0 Å². The summed E-state index contributed by atoms with van der Waals surface area (Å²) in [6, 6.07) is 25.1. The van der Waals surface area contributed by atoms with Gasteiger partial charge < -0.3 is 4.57 Å². The molecule has 0 saturated heterocycles. The van der Waals surface area contributed by atoms with Crippen LogP contribution < -0.4 is 0 Å². The van der Waals surface area contributed by atoms with Gasteiger partial charge in [-0.2, -0.15) is 0 Å². The third-order valence-electron chi connectivity index (χ3n) is 4.53. The maximum absolute atomic E-state index is 4.65. The number of pyridine rings is 2. The molecule has 0 aliphatic heterocycles. The highest BCUT2D eigenvalue weighted by Gasteiger charge is 2.13. The zero-order valence-electron chi connectivity index (χ0n) is 13.5. The summed E-state index contributed by atoms with van der Waals surface area (Å²) in [6.07, 6.45) is 5.53. The summed E-state index contributed by atoms with van der Waals surface area (Å²) in [6.45, 7) is 0. The van der Waals surface area contributed by atoms with Crippen molar-refractivity contribution in [1.29, 1.82) is 0 Å². The van der Waals surface area contributed by atoms with Crippen LogP contribution in [-0.2, 0) is 0 Å². The summed E-state index contributed by atoms with van der Waals surface area (Å²) in [7, 11) is 0. The second-order valence-corrected chi connectivity index (χ2v) is 6.02. The van der Waals surface area contributed by atoms with Gasteiger partial charge in [-0.3, -0.25) is 9.97 Å². The molecule has 3 heteroatoms. The summed E-state index contributed by atoms with van der Waals surface area (Å²) in [5.74, 6) is 0. The van der Waals surface area contributed by atoms with Crippen LogP contribution >= 0.6 is 0 Å². The molecule has 0 aliphatic carbocycles. The van der Waals surface area contributed by atoms with Crippen LogP contribution in [-0.4, -0.2) is 14.5 Å². The van der Waals surface area contributed by atoms with E-state index in [1.807, 2.05) is 30.6 Å². The van der Waals surface area contributed by atoms with Gasteiger partial charge in [-0.15, -0.1) is 0 Å². The lowest BCUT2D eigenvalue weighted by atomic mass is 10.0. The number of hydrogen-bond acceptors (Lipinski definition) is 2. The normalized spacial score (nSPS) is 11.2. The van der Waals surface area contributed by atoms with Gasteiger partial charge in [0.1, 0.15) is 0 Å². The van der Waals surface area contributed by atoms with Crippen molar-refractivity contribution in [3.05, 3.63) is 91.4 Å². The molecular weight excluding hydrogens is 306 g/mol. The van der Waals surface area contributed by atoms with Crippen molar-refractivity contribution in [2.45, 2.75) is 0 Å². The van der Waals surface area contributed by atoms with E-state index in [0.29, 0.717) is 0 Å². The Kier molecular flexibility index (Phi) is 3.10. The molecular formula is C22H15N3. The van der Waals surface area contributed by atoms with Crippen molar-refractivity contribution >= 4 is 21.9 Å².